The van der Waals surface area contributed by atoms with Crippen molar-refractivity contribution in [1.29, 1.82) is 0 Å². The summed E-state index contributed by atoms with van der Waals surface area (Å²) in [6.45, 7) is 5.93. The molecule has 1 aromatic carbocycles. The van der Waals surface area contributed by atoms with Gasteiger partial charge in [-0.25, -0.2) is 9.97 Å². The summed E-state index contributed by atoms with van der Waals surface area (Å²) in [6.07, 6.45) is 2.08. The highest BCUT2D eigenvalue weighted by atomic mass is 79.9. The molecular weight excluding hydrogens is 306 g/mol. The number of anilines is 1. The number of rotatable bonds is 1. The summed E-state index contributed by atoms with van der Waals surface area (Å²) in [5.41, 5.74) is 0.972. The number of morpholine rings is 1. The molecule has 19 heavy (non-hydrogen) atoms. The molecule has 100 valence electrons. The lowest BCUT2D eigenvalue weighted by Crippen LogP contribution is -2.45. The molecule has 0 radical (unpaired) electrons. The highest BCUT2D eigenvalue weighted by molar-refractivity contribution is 9.10. The predicted molar refractivity (Wildman–Crippen MR) is 79.5 cm³/mol. The van der Waals surface area contributed by atoms with Crippen molar-refractivity contribution in [2.24, 2.45) is 0 Å². The summed E-state index contributed by atoms with van der Waals surface area (Å²) in [7, 11) is 0. The van der Waals surface area contributed by atoms with Crippen LogP contribution in [-0.4, -0.2) is 35.3 Å². The molecular formula is C14H16BrN3O. The maximum atomic E-state index is 5.78. The molecule has 1 saturated heterocycles. The first-order chi connectivity index (χ1) is 9.13. The Labute approximate surface area is 120 Å². The number of hydrogen-bond acceptors (Lipinski definition) is 4. The number of benzene rings is 1. The van der Waals surface area contributed by atoms with Crippen LogP contribution in [0.2, 0.25) is 0 Å². The maximum absolute atomic E-state index is 5.78. The minimum Gasteiger partial charge on any atom is -0.372 e. The third kappa shape index (κ3) is 2.58. The molecule has 2 atom stereocenters. The molecule has 2 aromatic rings. The normalized spacial score (nSPS) is 23.8. The van der Waals surface area contributed by atoms with E-state index in [0.29, 0.717) is 0 Å². The molecule has 5 heteroatoms. The third-order valence-corrected chi connectivity index (χ3v) is 3.79. The van der Waals surface area contributed by atoms with E-state index in [1.807, 2.05) is 12.1 Å². The van der Waals surface area contributed by atoms with Gasteiger partial charge in [0.15, 0.2) is 0 Å². The summed E-state index contributed by atoms with van der Waals surface area (Å²) in [5.74, 6) is 0.994. The number of fused-ring (bicyclic) bond motifs is 1. The first-order valence-electron chi connectivity index (χ1n) is 6.44. The Morgan fingerprint density at radius 3 is 2.68 bits per heavy atom. The van der Waals surface area contributed by atoms with E-state index in [1.54, 1.807) is 6.33 Å². The van der Waals surface area contributed by atoms with E-state index in [0.717, 1.165) is 34.3 Å². The van der Waals surface area contributed by atoms with Crippen LogP contribution < -0.4 is 4.90 Å². The van der Waals surface area contributed by atoms with Gasteiger partial charge in [-0.05, 0) is 32.0 Å². The van der Waals surface area contributed by atoms with Crippen molar-refractivity contribution in [2.45, 2.75) is 26.1 Å². The van der Waals surface area contributed by atoms with Crippen molar-refractivity contribution in [3.63, 3.8) is 0 Å². The fourth-order valence-electron chi connectivity index (χ4n) is 2.62. The molecule has 0 amide bonds. The van der Waals surface area contributed by atoms with Gasteiger partial charge >= 0.3 is 0 Å². The summed E-state index contributed by atoms with van der Waals surface area (Å²) in [4.78, 5) is 11.1. The van der Waals surface area contributed by atoms with Gasteiger partial charge in [-0.15, -0.1) is 0 Å². The van der Waals surface area contributed by atoms with Gasteiger partial charge in [-0.1, -0.05) is 15.9 Å². The highest BCUT2D eigenvalue weighted by Gasteiger charge is 2.24. The summed E-state index contributed by atoms with van der Waals surface area (Å²) >= 11 is 3.52. The quantitative estimate of drug-likeness (QED) is 0.809. The Balaban J connectivity index is 2.06. The lowest BCUT2D eigenvalue weighted by Gasteiger charge is -2.36. The molecule has 0 saturated carbocycles. The molecule has 3 rings (SSSR count). The summed E-state index contributed by atoms with van der Waals surface area (Å²) < 4.78 is 6.83. The molecule has 0 spiro atoms. The van der Waals surface area contributed by atoms with Crippen molar-refractivity contribution in [3.8, 4) is 0 Å². The molecule has 2 heterocycles. The first-order valence-corrected chi connectivity index (χ1v) is 7.23. The summed E-state index contributed by atoms with van der Waals surface area (Å²) in [6, 6.07) is 6.09. The van der Waals surface area contributed by atoms with Crippen LogP contribution in [0.4, 0.5) is 5.82 Å². The number of hydrogen-bond donors (Lipinski definition) is 0. The van der Waals surface area contributed by atoms with Gasteiger partial charge < -0.3 is 9.64 Å². The molecule has 1 aromatic heterocycles. The van der Waals surface area contributed by atoms with Crippen LogP contribution in [0.1, 0.15) is 13.8 Å². The zero-order chi connectivity index (χ0) is 13.4. The van der Waals surface area contributed by atoms with Crippen LogP contribution in [0.5, 0.6) is 0 Å². The molecule has 0 bridgehead atoms. The van der Waals surface area contributed by atoms with Gasteiger partial charge in [0.1, 0.15) is 12.1 Å². The molecule has 0 N–H and O–H groups in total. The molecule has 1 fully saturated rings. The minimum absolute atomic E-state index is 0.223. The van der Waals surface area contributed by atoms with E-state index < -0.39 is 0 Å². The second kappa shape index (κ2) is 5.06. The fourth-order valence-corrected chi connectivity index (χ4v) is 2.98. The van der Waals surface area contributed by atoms with Crippen LogP contribution in [-0.2, 0) is 4.74 Å². The van der Waals surface area contributed by atoms with Crippen LogP contribution in [0.3, 0.4) is 0 Å². The van der Waals surface area contributed by atoms with E-state index in [4.69, 9.17) is 4.74 Å². The van der Waals surface area contributed by atoms with Gasteiger partial charge in [-0.2, -0.15) is 0 Å². The van der Waals surface area contributed by atoms with Crippen molar-refractivity contribution in [3.05, 3.63) is 29.0 Å². The minimum atomic E-state index is 0.223. The van der Waals surface area contributed by atoms with Gasteiger partial charge in [0.2, 0.25) is 0 Å². The molecule has 1 aliphatic rings. The predicted octanol–water partition coefficient (Wildman–Crippen LogP) is 3.01. The first kappa shape index (κ1) is 12.8. The smallest absolute Gasteiger partial charge is 0.140 e. The number of ether oxygens (including phenoxy) is 1. The Morgan fingerprint density at radius 2 is 1.95 bits per heavy atom. The van der Waals surface area contributed by atoms with Crippen LogP contribution >= 0.6 is 15.9 Å². The molecule has 1 aliphatic heterocycles. The van der Waals surface area contributed by atoms with Gasteiger partial charge in [-0.3, -0.25) is 0 Å². The second-order valence-electron chi connectivity index (χ2n) is 5.02. The van der Waals surface area contributed by atoms with E-state index >= 15 is 0 Å². The molecule has 4 nitrogen and oxygen atoms in total. The van der Waals surface area contributed by atoms with E-state index in [-0.39, 0.29) is 12.2 Å². The van der Waals surface area contributed by atoms with Crippen molar-refractivity contribution in [2.75, 3.05) is 18.0 Å². The van der Waals surface area contributed by atoms with Crippen LogP contribution in [0.15, 0.2) is 29.0 Å². The highest BCUT2D eigenvalue weighted by Crippen LogP contribution is 2.28. The van der Waals surface area contributed by atoms with Gasteiger partial charge in [0.25, 0.3) is 0 Å². The maximum Gasteiger partial charge on any atom is 0.140 e. The van der Waals surface area contributed by atoms with Gasteiger partial charge in [0.05, 0.1) is 17.7 Å². The number of nitrogens with zero attached hydrogens (tertiary/aromatic N) is 3. The lowest BCUT2D eigenvalue weighted by molar-refractivity contribution is -0.00537. The second-order valence-corrected chi connectivity index (χ2v) is 5.94. The van der Waals surface area contributed by atoms with Crippen LogP contribution in [0, 0.1) is 0 Å². The monoisotopic (exact) mass is 321 g/mol. The number of aromatic nitrogens is 2. The summed E-state index contributed by atoms with van der Waals surface area (Å²) in [5, 5.41) is 1.08. The third-order valence-electron chi connectivity index (χ3n) is 3.30. The Hall–Kier alpha value is -1.20. The molecule has 0 aliphatic carbocycles. The fraction of sp³-hybridized carbons (Fsp3) is 0.429. The van der Waals surface area contributed by atoms with E-state index in [1.165, 1.54) is 0 Å². The van der Waals surface area contributed by atoms with E-state index in [2.05, 4.69) is 50.7 Å². The van der Waals surface area contributed by atoms with Gasteiger partial charge in [0, 0.05) is 22.9 Å². The Bertz CT molecular complexity index is 594. The van der Waals surface area contributed by atoms with E-state index in [9.17, 15) is 0 Å². The zero-order valence-electron chi connectivity index (χ0n) is 11.0. The van der Waals surface area contributed by atoms with Crippen molar-refractivity contribution in [1.82, 2.24) is 9.97 Å². The van der Waals surface area contributed by atoms with Crippen LogP contribution in [0.25, 0.3) is 10.9 Å². The largest absolute Gasteiger partial charge is 0.372 e. The Morgan fingerprint density at radius 1 is 1.21 bits per heavy atom. The molecule has 2 unspecified atom stereocenters. The topological polar surface area (TPSA) is 38.2 Å². The zero-order valence-corrected chi connectivity index (χ0v) is 12.6. The Kier molecular flexibility index (Phi) is 3.41. The average molecular weight is 322 g/mol. The lowest BCUT2D eigenvalue weighted by atomic mass is 10.2. The standard InChI is InChI=1S/C14H16BrN3O/c1-9-6-18(7-10(2)19-9)14-12-5-11(15)3-4-13(12)16-8-17-14/h3-5,8-10H,6-7H2,1-2H3. The average Bonchev–Trinajstić information content (AvgIpc) is 2.36. The number of halogens is 1. The van der Waals surface area contributed by atoms with Crippen molar-refractivity contribution < 1.29 is 4.74 Å². The SMILES string of the molecule is CC1CN(c2ncnc3ccc(Br)cc23)CC(C)O1. The van der Waals surface area contributed by atoms with Crippen molar-refractivity contribution >= 4 is 32.7 Å².